The van der Waals surface area contributed by atoms with E-state index in [4.69, 9.17) is 4.74 Å². The van der Waals surface area contributed by atoms with Gasteiger partial charge in [-0.2, -0.15) is 0 Å². The van der Waals surface area contributed by atoms with Crippen molar-refractivity contribution in [3.63, 3.8) is 0 Å². The standard InChI is InChI=1S/C19H21N3O4S/c1-13(18(25)21(3)4)26-17(24)11-10-15-12-27-19(20-15)22(14(2)23)16-8-6-5-7-9-16/h5-13H,1-4H3/b11-10+/t13-/m0/s1. The Balaban J connectivity index is 2.08. The van der Waals surface area contributed by atoms with E-state index in [1.165, 1.54) is 47.1 Å². The van der Waals surface area contributed by atoms with Gasteiger partial charge in [0.2, 0.25) is 5.91 Å². The maximum absolute atomic E-state index is 12.0. The lowest BCUT2D eigenvalue weighted by Gasteiger charge is -2.17. The molecule has 1 heterocycles. The predicted molar refractivity (Wildman–Crippen MR) is 105 cm³/mol. The van der Waals surface area contributed by atoms with E-state index >= 15 is 0 Å². The maximum Gasteiger partial charge on any atom is 0.331 e. The Hall–Kier alpha value is -3.00. The number of likely N-dealkylation sites (N-methyl/N-ethyl adjacent to an activating group) is 1. The van der Waals surface area contributed by atoms with Gasteiger partial charge in [0, 0.05) is 32.5 Å². The Bertz CT molecular complexity index is 846. The lowest BCUT2D eigenvalue weighted by atomic mass is 10.3. The Labute approximate surface area is 161 Å². The van der Waals surface area contributed by atoms with Crippen LogP contribution in [0.5, 0.6) is 0 Å². The number of thiazole rings is 1. The Morgan fingerprint density at radius 2 is 1.85 bits per heavy atom. The van der Waals surface area contributed by atoms with Gasteiger partial charge in [-0.15, -0.1) is 11.3 Å². The number of ether oxygens (including phenoxy) is 1. The van der Waals surface area contributed by atoms with Crippen LogP contribution in [0.15, 0.2) is 41.8 Å². The van der Waals surface area contributed by atoms with Crippen molar-refractivity contribution >= 4 is 46.0 Å². The number of para-hydroxylation sites is 1. The number of esters is 1. The molecule has 2 rings (SSSR count). The summed E-state index contributed by atoms with van der Waals surface area (Å²) in [7, 11) is 3.18. The zero-order valence-electron chi connectivity index (χ0n) is 15.6. The van der Waals surface area contributed by atoms with Crippen LogP contribution in [0.1, 0.15) is 19.5 Å². The van der Waals surface area contributed by atoms with E-state index in [0.29, 0.717) is 16.5 Å². The summed E-state index contributed by atoms with van der Waals surface area (Å²) in [4.78, 5) is 42.8. The molecule has 0 spiro atoms. The fraction of sp³-hybridized carbons (Fsp3) is 0.263. The van der Waals surface area contributed by atoms with Gasteiger partial charge in [0.25, 0.3) is 5.91 Å². The highest BCUT2D eigenvalue weighted by molar-refractivity contribution is 7.14. The molecule has 0 aliphatic heterocycles. The van der Waals surface area contributed by atoms with E-state index in [0.717, 1.165) is 0 Å². The van der Waals surface area contributed by atoms with Gasteiger partial charge in [-0.1, -0.05) is 18.2 Å². The second-order valence-corrected chi connectivity index (χ2v) is 6.73. The van der Waals surface area contributed by atoms with Gasteiger partial charge < -0.3 is 9.64 Å². The smallest absolute Gasteiger partial charge is 0.331 e. The molecule has 0 radical (unpaired) electrons. The number of aromatic nitrogens is 1. The Morgan fingerprint density at radius 1 is 1.19 bits per heavy atom. The van der Waals surface area contributed by atoms with Gasteiger partial charge in [-0.05, 0) is 25.1 Å². The molecule has 0 saturated carbocycles. The fourth-order valence-corrected chi connectivity index (χ4v) is 3.10. The number of carbonyl (C=O) groups excluding carboxylic acids is 3. The summed E-state index contributed by atoms with van der Waals surface area (Å²) >= 11 is 1.29. The summed E-state index contributed by atoms with van der Waals surface area (Å²) in [6, 6.07) is 9.18. The molecule has 1 aromatic carbocycles. The normalized spacial score (nSPS) is 11.9. The number of amides is 2. The van der Waals surface area contributed by atoms with Gasteiger partial charge in [0.05, 0.1) is 11.4 Å². The van der Waals surface area contributed by atoms with Crippen LogP contribution in [-0.4, -0.2) is 47.9 Å². The number of anilines is 2. The summed E-state index contributed by atoms with van der Waals surface area (Å²) in [5.74, 6) is -1.10. The van der Waals surface area contributed by atoms with Crippen molar-refractivity contribution < 1.29 is 19.1 Å². The minimum atomic E-state index is -0.866. The maximum atomic E-state index is 12.0. The summed E-state index contributed by atoms with van der Waals surface area (Å²) in [6.45, 7) is 2.98. The van der Waals surface area contributed by atoms with Crippen molar-refractivity contribution in [2.24, 2.45) is 0 Å². The van der Waals surface area contributed by atoms with Crippen LogP contribution in [0.4, 0.5) is 10.8 Å². The second kappa shape index (κ2) is 9.09. The second-order valence-electron chi connectivity index (χ2n) is 5.89. The number of hydrogen-bond donors (Lipinski definition) is 0. The molecule has 0 N–H and O–H groups in total. The number of carbonyl (C=O) groups is 3. The third kappa shape index (κ3) is 5.49. The van der Waals surface area contributed by atoms with Crippen LogP contribution in [0.2, 0.25) is 0 Å². The molecular formula is C19H21N3O4S. The van der Waals surface area contributed by atoms with Crippen LogP contribution < -0.4 is 4.90 Å². The van der Waals surface area contributed by atoms with E-state index in [1.54, 1.807) is 19.5 Å². The van der Waals surface area contributed by atoms with Crippen molar-refractivity contribution in [2.75, 3.05) is 19.0 Å². The largest absolute Gasteiger partial charge is 0.449 e. The number of benzene rings is 1. The zero-order chi connectivity index (χ0) is 20.0. The zero-order valence-corrected chi connectivity index (χ0v) is 16.4. The average molecular weight is 387 g/mol. The SMILES string of the molecule is CC(=O)N(c1ccccc1)c1nc(/C=C/C(=O)O[C@@H](C)C(=O)N(C)C)cs1. The lowest BCUT2D eigenvalue weighted by molar-refractivity contribution is -0.153. The Morgan fingerprint density at radius 3 is 2.44 bits per heavy atom. The third-order valence-electron chi connectivity index (χ3n) is 3.50. The van der Waals surface area contributed by atoms with Crippen LogP contribution in [0, 0.1) is 0 Å². The van der Waals surface area contributed by atoms with Crippen LogP contribution in [0.3, 0.4) is 0 Å². The van der Waals surface area contributed by atoms with Crippen LogP contribution in [0.25, 0.3) is 6.08 Å². The molecule has 8 heteroatoms. The van der Waals surface area contributed by atoms with Gasteiger partial charge >= 0.3 is 5.97 Å². The quantitative estimate of drug-likeness (QED) is 0.562. The molecule has 0 bridgehead atoms. The molecule has 0 saturated heterocycles. The first-order valence-electron chi connectivity index (χ1n) is 8.20. The molecule has 0 aliphatic carbocycles. The molecule has 2 amide bonds. The molecule has 1 atom stereocenters. The van der Waals surface area contributed by atoms with Crippen LogP contribution in [-0.2, 0) is 19.1 Å². The molecular weight excluding hydrogens is 366 g/mol. The first-order valence-corrected chi connectivity index (χ1v) is 9.08. The minimum absolute atomic E-state index is 0.165. The first kappa shape index (κ1) is 20.3. The minimum Gasteiger partial charge on any atom is -0.449 e. The van der Waals surface area contributed by atoms with E-state index in [9.17, 15) is 14.4 Å². The molecule has 142 valence electrons. The van der Waals surface area contributed by atoms with E-state index in [1.807, 2.05) is 30.3 Å². The lowest BCUT2D eigenvalue weighted by Crippen LogP contribution is -2.34. The highest BCUT2D eigenvalue weighted by Gasteiger charge is 2.19. The summed E-state index contributed by atoms with van der Waals surface area (Å²) in [5, 5.41) is 2.23. The van der Waals surface area contributed by atoms with E-state index < -0.39 is 12.1 Å². The topological polar surface area (TPSA) is 79.8 Å². The van der Waals surface area contributed by atoms with Gasteiger partial charge in [-0.25, -0.2) is 9.78 Å². The Kier molecular flexibility index (Phi) is 6.84. The van der Waals surface area contributed by atoms with E-state index in [2.05, 4.69) is 4.98 Å². The molecule has 0 aliphatic rings. The van der Waals surface area contributed by atoms with Crippen molar-refractivity contribution in [3.05, 3.63) is 47.5 Å². The fourth-order valence-electron chi connectivity index (χ4n) is 2.24. The average Bonchev–Trinajstić information content (AvgIpc) is 3.08. The molecule has 2 aromatic rings. The van der Waals surface area contributed by atoms with Crippen molar-refractivity contribution in [1.29, 1.82) is 0 Å². The monoisotopic (exact) mass is 387 g/mol. The van der Waals surface area contributed by atoms with Crippen molar-refractivity contribution in [3.8, 4) is 0 Å². The number of nitrogens with zero attached hydrogens (tertiary/aromatic N) is 3. The summed E-state index contributed by atoms with van der Waals surface area (Å²) in [6.07, 6.45) is 1.83. The predicted octanol–water partition coefficient (Wildman–Crippen LogP) is 2.86. The summed E-state index contributed by atoms with van der Waals surface area (Å²) < 4.78 is 5.05. The van der Waals surface area contributed by atoms with E-state index in [-0.39, 0.29) is 11.8 Å². The van der Waals surface area contributed by atoms with Gasteiger partial charge in [0.15, 0.2) is 11.2 Å². The molecule has 0 unspecified atom stereocenters. The molecule has 27 heavy (non-hydrogen) atoms. The number of hydrogen-bond acceptors (Lipinski definition) is 6. The molecule has 7 nitrogen and oxygen atoms in total. The van der Waals surface area contributed by atoms with Crippen molar-refractivity contribution in [2.45, 2.75) is 20.0 Å². The van der Waals surface area contributed by atoms with Gasteiger partial charge in [0.1, 0.15) is 0 Å². The number of rotatable bonds is 6. The van der Waals surface area contributed by atoms with Crippen LogP contribution >= 0.6 is 11.3 Å². The third-order valence-corrected chi connectivity index (χ3v) is 4.35. The summed E-state index contributed by atoms with van der Waals surface area (Å²) in [5.41, 5.74) is 1.23. The highest BCUT2D eigenvalue weighted by atomic mass is 32.1. The van der Waals surface area contributed by atoms with Crippen molar-refractivity contribution in [1.82, 2.24) is 9.88 Å². The molecule has 0 fully saturated rings. The first-order chi connectivity index (χ1) is 12.8. The highest BCUT2D eigenvalue weighted by Crippen LogP contribution is 2.28. The molecule has 1 aromatic heterocycles. The van der Waals surface area contributed by atoms with Gasteiger partial charge in [-0.3, -0.25) is 14.5 Å².